The molecule has 0 fully saturated rings. The van der Waals surface area contributed by atoms with Gasteiger partial charge in [-0.25, -0.2) is 18.6 Å². The number of carbonyl (C=O) groups is 1. The first kappa shape index (κ1) is 16.6. The van der Waals surface area contributed by atoms with Gasteiger partial charge in [0, 0.05) is 29.7 Å². The monoisotopic (exact) mass is 367 g/mol. The van der Waals surface area contributed by atoms with Gasteiger partial charge in [-0.2, -0.15) is 0 Å². The maximum Gasteiger partial charge on any atom is 0.341 e. The van der Waals surface area contributed by atoms with E-state index in [0.29, 0.717) is 5.69 Å². The topological polar surface area (TPSA) is 77.1 Å². The zero-order valence-electron chi connectivity index (χ0n) is 13.6. The molecule has 2 aromatic carbocycles. The summed E-state index contributed by atoms with van der Waals surface area (Å²) < 4.78 is 30.7. The Morgan fingerprint density at radius 3 is 2.48 bits per heavy atom. The number of hydrogen-bond acceptors (Lipinski definition) is 3. The minimum Gasteiger partial charge on any atom is -0.477 e. The van der Waals surface area contributed by atoms with Crippen molar-refractivity contribution in [3.05, 3.63) is 88.7 Å². The molecule has 0 atom stereocenters. The van der Waals surface area contributed by atoms with E-state index in [-0.39, 0.29) is 16.6 Å². The van der Waals surface area contributed by atoms with Crippen molar-refractivity contribution in [3.8, 4) is 11.4 Å². The van der Waals surface area contributed by atoms with E-state index in [2.05, 4.69) is 4.98 Å². The van der Waals surface area contributed by atoms with E-state index in [9.17, 15) is 23.5 Å². The van der Waals surface area contributed by atoms with Crippen LogP contribution in [0.25, 0.3) is 22.3 Å². The van der Waals surface area contributed by atoms with Crippen LogP contribution in [0.4, 0.5) is 8.78 Å². The second kappa shape index (κ2) is 6.17. The van der Waals surface area contributed by atoms with Gasteiger partial charge in [-0.15, -0.1) is 0 Å². The third-order valence-electron chi connectivity index (χ3n) is 4.19. The number of imidazole rings is 1. The Balaban J connectivity index is 2.12. The molecule has 0 aliphatic heterocycles. The van der Waals surface area contributed by atoms with Crippen molar-refractivity contribution in [2.24, 2.45) is 0 Å². The molecule has 0 aliphatic carbocycles. The Bertz CT molecular complexity index is 1230. The second-order valence-electron chi connectivity index (χ2n) is 5.81. The summed E-state index contributed by atoms with van der Waals surface area (Å²) in [5, 5.41) is 9.24. The van der Waals surface area contributed by atoms with Gasteiger partial charge >= 0.3 is 5.97 Å². The second-order valence-corrected chi connectivity index (χ2v) is 5.81. The highest BCUT2D eigenvalue weighted by atomic mass is 19.1. The van der Waals surface area contributed by atoms with Crippen LogP contribution < -0.4 is 5.43 Å². The van der Waals surface area contributed by atoms with Crippen molar-refractivity contribution < 1.29 is 18.7 Å². The van der Waals surface area contributed by atoms with Crippen molar-refractivity contribution in [2.75, 3.05) is 0 Å². The van der Waals surface area contributed by atoms with Crippen LogP contribution in [0.5, 0.6) is 0 Å². The molecule has 1 N–H and O–H groups in total. The predicted molar refractivity (Wildman–Crippen MR) is 93.5 cm³/mol. The van der Waals surface area contributed by atoms with E-state index in [1.165, 1.54) is 58.2 Å². The van der Waals surface area contributed by atoms with Crippen LogP contribution >= 0.6 is 0 Å². The van der Waals surface area contributed by atoms with Gasteiger partial charge in [0.2, 0.25) is 5.43 Å². The Morgan fingerprint density at radius 2 is 1.85 bits per heavy atom. The third kappa shape index (κ3) is 2.77. The van der Waals surface area contributed by atoms with E-state index in [0.717, 1.165) is 12.3 Å². The summed E-state index contributed by atoms with van der Waals surface area (Å²) in [6.07, 6.45) is 5.56. The molecule has 27 heavy (non-hydrogen) atoms. The van der Waals surface area contributed by atoms with Crippen LogP contribution in [0, 0.1) is 11.6 Å². The van der Waals surface area contributed by atoms with Crippen molar-refractivity contribution in [1.29, 1.82) is 0 Å². The molecule has 0 aliphatic rings. The van der Waals surface area contributed by atoms with Crippen molar-refractivity contribution in [2.45, 2.75) is 0 Å². The Morgan fingerprint density at radius 1 is 1.11 bits per heavy atom. The number of fused-ring (bicyclic) bond motifs is 1. The van der Waals surface area contributed by atoms with Gasteiger partial charge in [0.15, 0.2) is 0 Å². The molecule has 6 nitrogen and oxygen atoms in total. The van der Waals surface area contributed by atoms with Crippen LogP contribution in [0.1, 0.15) is 10.4 Å². The molecule has 8 heteroatoms. The standard InChI is InChI=1S/C19H11F2N3O3/c20-11-1-3-12(4-2-11)24-9-14(19(26)27)18(25)13-7-15(21)17(8-16(13)24)23-6-5-22-10-23/h1-10H,(H,26,27). The summed E-state index contributed by atoms with van der Waals surface area (Å²) in [6, 6.07) is 7.71. The highest BCUT2D eigenvalue weighted by Crippen LogP contribution is 2.24. The minimum absolute atomic E-state index is 0.0967. The van der Waals surface area contributed by atoms with Gasteiger partial charge in [0.1, 0.15) is 17.2 Å². The van der Waals surface area contributed by atoms with E-state index in [4.69, 9.17) is 0 Å². The van der Waals surface area contributed by atoms with Gasteiger partial charge in [-0.05, 0) is 36.4 Å². The lowest BCUT2D eigenvalue weighted by molar-refractivity contribution is 0.0695. The zero-order chi connectivity index (χ0) is 19.1. The first-order valence-electron chi connectivity index (χ1n) is 7.82. The zero-order valence-corrected chi connectivity index (χ0v) is 13.6. The first-order chi connectivity index (χ1) is 13.0. The molecular formula is C19H11F2N3O3. The fraction of sp³-hybridized carbons (Fsp3) is 0. The largest absolute Gasteiger partial charge is 0.477 e. The fourth-order valence-corrected chi connectivity index (χ4v) is 2.90. The highest BCUT2D eigenvalue weighted by Gasteiger charge is 2.18. The van der Waals surface area contributed by atoms with Crippen LogP contribution in [0.15, 0.2) is 66.1 Å². The number of rotatable bonds is 3. The van der Waals surface area contributed by atoms with Crippen LogP contribution in [-0.2, 0) is 0 Å². The molecule has 0 bridgehead atoms. The first-order valence-corrected chi connectivity index (χ1v) is 7.82. The van der Waals surface area contributed by atoms with Crippen LogP contribution in [0.3, 0.4) is 0 Å². The van der Waals surface area contributed by atoms with Crippen molar-refractivity contribution in [1.82, 2.24) is 14.1 Å². The molecule has 4 rings (SSSR count). The lowest BCUT2D eigenvalue weighted by Gasteiger charge is -2.14. The summed E-state index contributed by atoms with van der Waals surface area (Å²) in [6.45, 7) is 0. The number of aromatic nitrogens is 3. The normalized spacial score (nSPS) is 11.0. The Kier molecular flexibility index (Phi) is 3.80. The molecule has 4 aromatic rings. The number of aromatic carboxylic acids is 1. The van der Waals surface area contributed by atoms with Crippen molar-refractivity contribution >= 4 is 16.9 Å². The summed E-state index contributed by atoms with van der Waals surface area (Å²) >= 11 is 0. The van der Waals surface area contributed by atoms with E-state index in [1.807, 2.05) is 0 Å². The predicted octanol–water partition coefficient (Wildman–Crippen LogP) is 3.15. The number of benzene rings is 2. The molecule has 0 amide bonds. The summed E-state index contributed by atoms with van der Waals surface area (Å²) in [5.74, 6) is -2.60. The molecule has 134 valence electrons. The molecule has 0 spiro atoms. The van der Waals surface area contributed by atoms with Crippen molar-refractivity contribution in [3.63, 3.8) is 0 Å². The molecule has 0 saturated heterocycles. The average Bonchev–Trinajstić information content (AvgIpc) is 3.17. The number of carboxylic acids is 1. The van der Waals surface area contributed by atoms with Gasteiger partial charge in [0.05, 0.1) is 17.5 Å². The number of nitrogens with zero attached hydrogens (tertiary/aromatic N) is 3. The van der Waals surface area contributed by atoms with Gasteiger partial charge in [-0.3, -0.25) is 4.79 Å². The quantitative estimate of drug-likeness (QED) is 0.603. The Labute approximate surface area is 150 Å². The molecule has 0 saturated carbocycles. The maximum absolute atomic E-state index is 14.6. The lowest BCUT2D eigenvalue weighted by Crippen LogP contribution is -2.19. The lowest BCUT2D eigenvalue weighted by atomic mass is 10.1. The summed E-state index contributed by atoms with van der Waals surface area (Å²) in [4.78, 5) is 27.9. The molecule has 0 radical (unpaired) electrons. The molecule has 2 heterocycles. The fourth-order valence-electron chi connectivity index (χ4n) is 2.90. The highest BCUT2D eigenvalue weighted by molar-refractivity contribution is 5.93. The van der Waals surface area contributed by atoms with E-state index in [1.54, 1.807) is 0 Å². The smallest absolute Gasteiger partial charge is 0.341 e. The number of pyridine rings is 1. The molecular weight excluding hydrogens is 356 g/mol. The van der Waals surface area contributed by atoms with Gasteiger partial charge < -0.3 is 14.2 Å². The van der Waals surface area contributed by atoms with Crippen LogP contribution in [0.2, 0.25) is 0 Å². The Hall–Kier alpha value is -3.81. The summed E-state index contributed by atoms with van der Waals surface area (Å²) in [7, 11) is 0. The molecule has 0 unspecified atom stereocenters. The number of hydrogen-bond donors (Lipinski definition) is 1. The third-order valence-corrected chi connectivity index (χ3v) is 4.19. The minimum atomic E-state index is -1.43. The summed E-state index contributed by atoms with van der Waals surface area (Å²) in [5.41, 5.74) is -0.472. The van der Waals surface area contributed by atoms with E-state index < -0.39 is 28.6 Å². The molecule has 2 aromatic heterocycles. The average molecular weight is 367 g/mol. The van der Waals surface area contributed by atoms with Crippen LogP contribution in [-0.4, -0.2) is 25.2 Å². The number of halogens is 2. The number of carboxylic acid groups (broad SMARTS) is 1. The van der Waals surface area contributed by atoms with Gasteiger partial charge in [-0.1, -0.05) is 0 Å². The SMILES string of the molecule is O=C(O)c1cn(-c2ccc(F)cc2)c2cc(-n3ccnc3)c(F)cc2c1=O. The van der Waals surface area contributed by atoms with E-state index >= 15 is 0 Å². The maximum atomic E-state index is 14.6. The van der Waals surface area contributed by atoms with Gasteiger partial charge in [0.25, 0.3) is 0 Å².